The summed E-state index contributed by atoms with van der Waals surface area (Å²) in [6.45, 7) is 2.22. The minimum Gasteiger partial charge on any atom is -0.369 e. The third-order valence-electron chi connectivity index (χ3n) is 10.2. The van der Waals surface area contributed by atoms with Gasteiger partial charge < -0.3 is 16.0 Å². The number of carbonyl (C=O) groups is 3. The van der Waals surface area contributed by atoms with Crippen molar-refractivity contribution in [1.29, 1.82) is 0 Å². The van der Waals surface area contributed by atoms with E-state index in [2.05, 4.69) is 5.32 Å². The van der Waals surface area contributed by atoms with Crippen LogP contribution in [0.3, 0.4) is 0 Å². The summed E-state index contributed by atoms with van der Waals surface area (Å²) in [5.74, 6) is -2.75. The molecular formula is C42H44ClFN4O3. The van der Waals surface area contributed by atoms with E-state index in [9.17, 15) is 18.8 Å². The summed E-state index contributed by atoms with van der Waals surface area (Å²) < 4.78 is 14.0. The molecule has 7 nitrogen and oxygen atoms in total. The van der Waals surface area contributed by atoms with Crippen molar-refractivity contribution in [2.24, 2.45) is 28.5 Å². The minimum atomic E-state index is -1.26. The number of fused-ring (bicyclic) bond motifs is 1. The number of hydrogen-bond acceptors (Lipinski definition) is 4. The fourth-order valence-corrected chi connectivity index (χ4v) is 7.67. The average molecular weight is 707 g/mol. The van der Waals surface area contributed by atoms with Crippen LogP contribution in [0.2, 0.25) is 5.02 Å². The first-order valence-electron chi connectivity index (χ1n) is 17.9. The van der Waals surface area contributed by atoms with Gasteiger partial charge in [0.2, 0.25) is 18.0 Å². The number of para-hydroxylation sites is 1. The lowest BCUT2D eigenvalue weighted by Crippen LogP contribution is -2.50. The molecule has 1 aliphatic carbocycles. The van der Waals surface area contributed by atoms with Crippen molar-refractivity contribution < 1.29 is 18.8 Å². The number of carbonyl (C=O) groups excluding carboxylic acids is 3. The minimum absolute atomic E-state index is 0.0261. The van der Waals surface area contributed by atoms with Crippen LogP contribution in [0.4, 0.5) is 10.1 Å². The van der Waals surface area contributed by atoms with Gasteiger partial charge in [0.15, 0.2) is 0 Å². The maximum absolute atomic E-state index is 14.8. The van der Waals surface area contributed by atoms with Gasteiger partial charge in [-0.2, -0.15) is 0 Å². The molecule has 4 aromatic rings. The second-order valence-electron chi connectivity index (χ2n) is 13.7. The highest BCUT2D eigenvalue weighted by atomic mass is 35.5. The van der Waals surface area contributed by atoms with Crippen LogP contribution < -0.4 is 16.0 Å². The monoisotopic (exact) mass is 706 g/mol. The molecule has 3 amide bonds. The van der Waals surface area contributed by atoms with E-state index >= 15 is 0 Å². The molecule has 2 aliphatic rings. The lowest BCUT2D eigenvalue weighted by molar-refractivity contribution is -0.136. The van der Waals surface area contributed by atoms with Crippen LogP contribution in [0.15, 0.2) is 102 Å². The van der Waals surface area contributed by atoms with E-state index in [0.717, 1.165) is 66.3 Å². The Morgan fingerprint density at radius 1 is 0.922 bits per heavy atom. The standard InChI is InChI=1S/C42H44ClFN4O3/c1-2-3-18-32(39(45)49)34(24-27-12-7-8-13-27)41(50)47-40-42(51)48(26-28-14-11-17-30(23-28)31-21-22-36(44)35(43)25-31)37-20-10-9-19-33(37)38(46-40)29-15-5-4-6-16-29/h4-6,9-11,14-17,19-23,25,27,32,34,40H,2-3,7-8,12-13,18,24,26H2,1H3,(H2,45,49)(H,47,50). The van der Waals surface area contributed by atoms with Crippen molar-refractivity contribution in [3.05, 3.63) is 125 Å². The first-order valence-corrected chi connectivity index (χ1v) is 18.3. The summed E-state index contributed by atoms with van der Waals surface area (Å²) in [6.07, 6.45) is 5.66. The van der Waals surface area contributed by atoms with Crippen molar-refractivity contribution in [2.75, 3.05) is 4.90 Å². The Hall–Kier alpha value is -4.82. The van der Waals surface area contributed by atoms with Crippen LogP contribution in [0.5, 0.6) is 0 Å². The molecule has 0 saturated heterocycles. The highest BCUT2D eigenvalue weighted by molar-refractivity contribution is 6.31. The lowest BCUT2D eigenvalue weighted by Gasteiger charge is -2.29. The molecule has 6 rings (SSSR count). The molecule has 0 bridgehead atoms. The Bertz CT molecular complexity index is 1910. The van der Waals surface area contributed by atoms with Crippen molar-refractivity contribution in [2.45, 2.75) is 71.0 Å². The van der Waals surface area contributed by atoms with Gasteiger partial charge in [0, 0.05) is 23.0 Å². The summed E-state index contributed by atoms with van der Waals surface area (Å²) in [7, 11) is 0. The molecule has 1 heterocycles. The van der Waals surface area contributed by atoms with Gasteiger partial charge in [0.05, 0.1) is 23.0 Å². The molecule has 1 aliphatic heterocycles. The predicted octanol–water partition coefficient (Wildman–Crippen LogP) is 8.46. The van der Waals surface area contributed by atoms with Gasteiger partial charge in [-0.15, -0.1) is 0 Å². The number of hydrogen-bond donors (Lipinski definition) is 2. The SMILES string of the molecule is CCCCC(C(N)=O)C(CC1CCCC1)C(=O)NC1N=C(c2ccccc2)c2ccccc2N(Cc2cccc(-c3ccc(F)c(Cl)c3)c2)C1=O. The second kappa shape index (κ2) is 16.5. The molecule has 3 unspecified atom stereocenters. The summed E-state index contributed by atoms with van der Waals surface area (Å²) in [5, 5.41) is 3.04. The maximum atomic E-state index is 14.8. The number of benzodiazepines with no additional fused rings is 1. The highest BCUT2D eigenvalue weighted by Gasteiger charge is 2.39. The molecular weight excluding hydrogens is 663 g/mol. The van der Waals surface area contributed by atoms with Gasteiger partial charge >= 0.3 is 0 Å². The maximum Gasteiger partial charge on any atom is 0.272 e. The molecule has 9 heteroatoms. The predicted molar refractivity (Wildman–Crippen MR) is 201 cm³/mol. The van der Waals surface area contributed by atoms with Crippen LogP contribution in [0.1, 0.15) is 75.0 Å². The average Bonchev–Trinajstić information content (AvgIpc) is 3.63. The first kappa shape index (κ1) is 36.0. The molecule has 3 atom stereocenters. The third kappa shape index (κ3) is 8.39. The molecule has 0 spiro atoms. The van der Waals surface area contributed by atoms with Gasteiger partial charge in [-0.1, -0.05) is 130 Å². The third-order valence-corrected chi connectivity index (χ3v) is 10.5. The zero-order valence-corrected chi connectivity index (χ0v) is 29.6. The number of halogens is 2. The number of nitrogens with two attached hydrogens (primary N) is 1. The van der Waals surface area contributed by atoms with Crippen LogP contribution in [-0.2, 0) is 20.9 Å². The van der Waals surface area contributed by atoms with Crippen LogP contribution >= 0.6 is 11.6 Å². The number of primary amides is 1. The topological polar surface area (TPSA) is 105 Å². The van der Waals surface area contributed by atoms with Crippen molar-refractivity contribution >= 4 is 40.7 Å². The van der Waals surface area contributed by atoms with Gasteiger partial charge in [0.1, 0.15) is 5.82 Å². The Balaban J connectivity index is 1.39. The van der Waals surface area contributed by atoms with E-state index < -0.39 is 35.6 Å². The Kier molecular flexibility index (Phi) is 11.6. The summed E-state index contributed by atoms with van der Waals surface area (Å²) in [6, 6.07) is 29.4. The fraction of sp³-hybridized carbons (Fsp3) is 0.333. The molecule has 0 radical (unpaired) electrons. The van der Waals surface area contributed by atoms with Gasteiger partial charge in [-0.25, -0.2) is 9.38 Å². The highest BCUT2D eigenvalue weighted by Crippen LogP contribution is 2.36. The van der Waals surface area contributed by atoms with E-state index in [1.165, 1.54) is 6.07 Å². The fourth-order valence-electron chi connectivity index (χ4n) is 7.49. The second-order valence-corrected chi connectivity index (χ2v) is 14.1. The van der Waals surface area contributed by atoms with Gasteiger partial charge in [-0.05, 0) is 59.7 Å². The van der Waals surface area contributed by atoms with E-state index in [1.807, 2.05) is 85.8 Å². The Morgan fingerprint density at radius 3 is 2.35 bits per heavy atom. The number of amides is 3. The Labute approximate surface area is 304 Å². The summed E-state index contributed by atoms with van der Waals surface area (Å²) >= 11 is 6.10. The Morgan fingerprint density at radius 2 is 1.63 bits per heavy atom. The van der Waals surface area contributed by atoms with Crippen LogP contribution in [0, 0.1) is 23.6 Å². The smallest absolute Gasteiger partial charge is 0.272 e. The molecule has 4 aromatic carbocycles. The largest absolute Gasteiger partial charge is 0.369 e. The molecule has 3 N–H and O–H groups in total. The van der Waals surface area contributed by atoms with E-state index in [1.54, 1.807) is 17.0 Å². The summed E-state index contributed by atoms with van der Waals surface area (Å²) in [5.41, 5.74) is 11.1. The van der Waals surface area contributed by atoms with Crippen LogP contribution in [0.25, 0.3) is 11.1 Å². The molecule has 1 saturated carbocycles. The molecule has 264 valence electrons. The number of nitrogens with one attached hydrogen (secondary N) is 1. The molecule has 0 aromatic heterocycles. The first-order chi connectivity index (χ1) is 24.7. The van der Waals surface area contributed by atoms with E-state index in [-0.39, 0.29) is 17.5 Å². The van der Waals surface area contributed by atoms with Crippen molar-refractivity contribution in [1.82, 2.24) is 5.32 Å². The zero-order chi connectivity index (χ0) is 35.9. The number of unbranched alkanes of at least 4 members (excludes halogenated alkanes) is 1. The van der Waals surface area contributed by atoms with Gasteiger partial charge in [0.25, 0.3) is 5.91 Å². The van der Waals surface area contributed by atoms with Crippen molar-refractivity contribution in [3.8, 4) is 11.1 Å². The molecule has 51 heavy (non-hydrogen) atoms. The van der Waals surface area contributed by atoms with E-state index in [4.69, 9.17) is 22.3 Å². The number of rotatable bonds is 13. The number of benzene rings is 4. The zero-order valence-electron chi connectivity index (χ0n) is 28.9. The molecule has 1 fully saturated rings. The lowest BCUT2D eigenvalue weighted by atomic mass is 9.80. The van der Waals surface area contributed by atoms with Gasteiger partial charge in [-0.3, -0.25) is 14.4 Å². The van der Waals surface area contributed by atoms with E-state index in [0.29, 0.717) is 30.2 Å². The van der Waals surface area contributed by atoms with Crippen LogP contribution in [-0.4, -0.2) is 29.6 Å². The van der Waals surface area contributed by atoms with Crippen molar-refractivity contribution in [3.63, 3.8) is 0 Å². The quantitative estimate of drug-likeness (QED) is 0.146. The number of nitrogens with zero attached hydrogens (tertiary/aromatic N) is 2. The summed E-state index contributed by atoms with van der Waals surface area (Å²) in [4.78, 5) is 48.7. The number of anilines is 1. The number of aliphatic imine (C=N–C) groups is 1. The normalized spacial score (nSPS) is 17.3.